The van der Waals surface area contributed by atoms with Gasteiger partial charge in [-0.25, -0.2) is 4.79 Å². The summed E-state index contributed by atoms with van der Waals surface area (Å²) in [4.78, 5) is 11.5. The molecule has 6 nitrogen and oxygen atoms in total. The lowest BCUT2D eigenvalue weighted by atomic mass is 10.3. The summed E-state index contributed by atoms with van der Waals surface area (Å²) in [7, 11) is 0. The molecule has 0 aromatic carbocycles. The largest absolute Gasteiger partial charge is 0.502 e. The number of carbonyl (C=O) groups is 1. The highest BCUT2D eigenvalue weighted by molar-refractivity contribution is 5.86. The second kappa shape index (κ2) is 17.0. The fraction of sp³-hybridized carbons (Fsp3) is 0.632. The summed E-state index contributed by atoms with van der Waals surface area (Å²) in [5.41, 5.74) is 0.364. The van der Waals surface area contributed by atoms with Gasteiger partial charge in [-0.1, -0.05) is 19.7 Å². The lowest BCUT2D eigenvalue weighted by molar-refractivity contribution is -0.145. The Morgan fingerprint density at radius 2 is 1.48 bits per heavy atom. The van der Waals surface area contributed by atoms with Crippen LogP contribution in [0.5, 0.6) is 0 Å². The Balaban J connectivity index is 3.97. The van der Waals surface area contributed by atoms with E-state index in [1.54, 1.807) is 6.92 Å². The van der Waals surface area contributed by atoms with Gasteiger partial charge in [0.1, 0.15) is 12.7 Å². The van der Waals surface area contributed by atoms with E-state index in [1.165, 1.54) is 12.5 Å². The SMILES string of the molecule is C=COCCCCOCC(COC(=O)C(=C)C)OCCCCOC=C. The summed E-state index contributed by atoms with van der Waals surface area (Å²) in [6.07, 6.45) is 6.05. The summed E-state index contributed by atoms with van der Waals surface area (Å²) in [6.45, 7) is 15.1. The third kappa shape index (κ3) is 15.5. The van der Waals surface area contributed by atoms with Crippen LogP contribution in [-0.4, -0.2) is 51.7 Å². The molecular weight excluding hydrogens is 324 g/mol. The molecule has 0 amide bonds. The lowest BCUT2D eigenvalue weighted by Gasteiger charge is -2.18. The number of unbranched alkanes of at least 4 members (excludes halogenated alkanes) is 2. The molecule has 6 heteroatoms. The summed E-state index contributed by atoms with van der Waals surface area (Å²) in [5, 5.41) is 0. The Morgan fingerprint density at radius 3 is 2.04 bits per heavy atom. The number of hydrogen-bond donors (Lipinski definition) is 0. The van der Waals surface area contributed by atoms with Crippen molar-refractivity contribution in [1.82, 2.24) is 0 Å². The number of carbonyl (C=O) groups excluding carboxylic acids is 1. The molecule has 0 aliphatic heterocycles. The van der Waals surface area contributed by atoms with E-state index in [-0.39, 0.29) is 12.7 Å². The van der Waals surface area contributed by atoms with Crippen LogP contribution >= 0.6 is 0 Å². The highest BCUT2D eigenvalue weighted by Crippen LogP contribution is 2.03. The van der Waals surface area contributed by atoms with Crippen LogP contribution in [0.1, 0.15) is 32.6 Å². The molecule has 0 N–H and O–H groups in total. The molecule has 0 saturated heterocycles. The first kappa shape index (κ1) is 23.2. The van der Waals surface area contributed by atoms with E-state index in [0.717, 1.165) is 25.7 Å². The van der Waals surface area contributed by atoms with Crippen molar-refractivity contribution in [2.24, 2.45) is 0 Å². The molecule has 1 atom stereocenters. The zero-order chi connectivity index (χ0) is 18.8. The molecule has 0 aliphatic carbocycles. The second-order valence-electron chi connectivity index (χ2n) is 5.44. The summed E-state index contributed by atoms with van der Waals surface area (Å²) < 4.78 is 26.6. The van der Waals surface area contributed by atoms with Crippen LogP contribution in [0, 0.1) is 0 Å². The van der Waals surface area contributed by atoms with Crippen LogP contribution in [0.4, 0.5) is 0 Å². The van der Waals surface area contributed by atoms with Gasteiger partial charge in [-0.3, -0.25) is 0 Å². The predicted molar refractivity (Wildman–Crippen MR) is 97.1 cm³/mol. The van der Waals surface area contributed by atoms with Gasteiger partial charge in [-0.05, 0) is 32.6 Å². The highest BCUT2D eigenvalue weighted by atomic mass is 16.6. The average Bonchev–Trinajstić information content (AvgIpc) is 2.60. The van der Waals surface area contributed by atoms with Crippen molar-refractivity contribution in [2.75, 3.05) is 39.6 Å². The van der Waals surface area contributed by atoms with Gasteiger partial charge in [-0.2, -0.15) is 0 Å². The van der Waals surface area contributed by atoms with Crippen molar-refractivity contribution in [1.29, 1.82) is 0 Å². The van der Waals surface area contributed by atoms with Crippen LogP contribution in [0.25, 0.3) is 0 Å². The smallest absolute Gasteiger partial charge is 0.333 e. The molecule has 0 aromatic heterocycles. The number of esters is 1. The van der Waals surface area contributed by atoms with Gasteiger partial charge >= 0.3 is 5.97 Å². The van der Waals surface area contributed by atoms with Crippen LogP contribution in [-0.2, 0) is 28.5 Å². The minimum atomic E-state index is -0.422. The van der Waals surface area contributed by atoms with Crippen LogP contribution in [0.15, 0.2) is 37.8 Å². The van der Waals surface area contributed by atoms with E-state index in [9.17, 15) is 4.79 Å². The predicted octanol–water partition coefficient (Wildman–Crippen LogP) is 3.39. The van der Waals surface area contributed by atoms with Gasteiger partial charge in [0.2, 0.25) is 0 Å². The normalized spacial score (nSPS) is 11.4. The zero-order valence-electron chi connectivity index (χ0n) is 15.4. The van der Waals surface area contributed by atoms with Crippen LogP contribution in [0.2, 0.25) is 0 Å². The van der Waals surface area contributed by atoms with Crippen molar-refractivity contribution in [3.63, 3.8) is 0 Å². The van der Waals surface area contributed by atoms with Gasteiger partial charge in [0.15, 0.2) is 0 Å². The minimum Gasteiger partial charge on any atom is -0.502 e. The van der Waals surface area contributed by atoms with E-state index in [4.69, 9.17) is 23.7 Å². The Morgan fingerprint density at radius 1 is 0.920 bits per heavy atom. The lowest BCUT2D eigenvalue weighted by Crippen LogP contribution is -2.28. The standard InChI is InChI=1S/C19H32O6/c1-5-21-11-7-8-13-23-15-18(16-25-19(20)17(3)4)24-14-10-9-12-22-6-2/h5-6,18H,1-3,7-16H2,4H3. The quantitative estimate of drug-likeness (QED) is 0.162. The van der Waals surface area contributed by atoms with Crippen molar-refractivity contribution in [3.05, 3.63) is 37.8 Å². The third-order valence-electron chi connectivity index (χ3n) is 3.10. The average molecular weight is 356 g/mol. The Bertz CT molecular complexity index is 380. The first-order valence-electron chi connectivity index (χ1n) is 8.58. The maximum absolute atomic E-state index is 11.5. The molecule has 1 unspecified atom stereocenters. The monoisotopic (exact) mass is 356 g/mol. The van der Waals surface area contributed by atoms with Crippen molar-refractivity contribution in [3.8, 4) is 0 Å². The molecule has 0 spiro atoms. The molecule has 0 aliphatic rings. The van der Waals surface area contributed by atoms with Gasteiger partial charge < -0.3 is 23.7 Å². The van der Waals surface area contributed by atoms with Gasteiger partial charge in [-0.15, -0.1) is 0 Å². The van der Waals surface area contributed by atoms with Crippen molar-refractivity contribution < 1.29 is 28.5 Å². The molecule has 0 radical (unpaired) electrons. The van der Waals surface area contributed by atoms with E-state index >= 15 is 0 Å². The molecule has 0 heterocycles. The molecule has 144 valence electrons. The number of hydrogen-bond acceptors (Lipinski definition) is 6. The van der Waals surface area contributed by atoms with Gasteiger partial charge in [0.25, 0.3) is 0 Å². The molecular formula is C19H32O6. The van der Waals surface area contributed by atoms with Crippen molar-refractivity contribution >= 4 is 5.97 Å². The van der Waals surface area contributed by atoms with Gasteiger partial charge in [0.05, 0.1) is 32.3 Å². The van der Waals surface area contributed by atoms with E-state index < -0.39 is 5.97 Å². The van der Waals surface area contributed by atoms with E-state index in [0.29, 0.717) is 38.6 Å². The fourth-order valence-electron chi connectivity index (χ4n) is 1.74. The van der Waals surface area contributed by atoms with Gasteiger partial charge in [0, 0.05) is 18.8 Å². The fourth-order valence-corrected chi connectivity index (χ4v) is 1.74. The molecule has 0 aromatic rings. The zero-order valence-corrected chi connectivity index (χ0v) is 15.4. The molecule has 0 rings (SSSR count). The first-order valence-corrected chi connectivity index (χ1v) is 8.58. The summed E-state index contributed by atoms with van der Waals surface area (Å²) >= 11 is 0. The number of rotatable bonds is 18. The Kier molecular flexibility index (Phi) is 15.8. The molecule has 0 saturated carbocycles. The number of ether oxygens (including phenoxy) is 5. The topological polar surface area (TPSA) is 63.2 Å². The summed E-state index contributed by atoms with van der Waals surface area (Å²) in [6, 6.07) is 0. The van der Waals surface area contributed by atoms with Crippen LogP contribution in [0.3, 0.4) is 0 Å². The Hall–Kier alpha value is -1.79. The second-order valence-corrected chi connectivity index (χ2v) is 5.44. The van der Waals surface area contributed by atoms with E-state index in [1.807, 2.05) is 0 Å². The molecule has 25 heavy (non-hydrogen) atoms. The van der Waals surface area contributed by atoms with Crippen molar-refractivity contribution in [2.45, 2.75) is 38.7 Å². The van der Waals surface area contributed by atoms with E-state index in [2.05, 4.69) is 19.7 Å². The maximum atomic E-state index is 11.5. The third-order valence-corrected chi connectivity index (χ3v) is 3.10. The molecule has 0 fully saturated rings. The highest BCUT2D eigenvalue weighted by Gasteiger charge is 2.13. The van der Waals surface area contributed by atoms with Crippen LogP contribution < -0.4 is 0 Å². The minimum absolute atomic E-state index is 0.147. The maximum Gasteiger partial charge on any atom is 0.333 e. The Labute approximate surface area is 151 Å². The molecule has 0 bridgehead atoms. The summed E-state index contributed by atoms with van der Waals surface area (Å²) in [5.74, 6) is -0.422. The first-order chi connectivity index (χ1) is 12.1.